The van der Waals surface area contributed by atoms with Crippen molar-refractivity contribution in [2.24, 2.45) is 0 Å². The van der Waals surface area contributed by atoms with Crippen molar-refractivity contribution in [3.63, 3.8) is 0 Å². The molecule has 0 spiro atoms. The van der Waals surface area contributed by atoms with Crippen LogP contribution < -0.4 is 0 Å². The van der Waals surface area contributed by atoms with E-state index in [1.54, 1.807) is 0 Å². The third kappa shape index (κ3) is 3.89. The van der Waals surface area contributed by atoms with Crippen molar-refractivity contribution in [1.29, 1.82) is 0 Å². The van der Waals surface area contributed by atoms with Crippen LogP contribution in [0.4, 0.5) is 0 Å². The normalized spacial score (nSPS) is 15.1. The number of rotatable bonds is 8. The first-order valence-corrected chi connectivity index (χ1v) is 8.18. The van der Waals surface area contributed by atoms with Crippen LogP contribution in [0.1, 0.15) is 36.0 Å². The predicted octanol–water partition coefficient (Wildman–Crippen LogP) is 1.52. The average Bonchev–Trinajstić information content (AvgIpc) is 3.27. The Balaban J connectivity index is 2.20. The molecule has 0 radical (unpaired) electrons. The second-order valence-corrected chi connectivity index (χ2v) is 6.93. The molecule has 0 heterocycles. The molecule has 21 heavy (non-hydrogen) atoms. The zero-order chi connectivity index (χ0) is 15.5. The molecule has 7 heteroatoms. The first-order valence-electron chi connectivity index (χ1n) is 6.74. The minimum Gasteiger partial charge on any atom is -0.481 e. The van der Waals surface area contributed by atoms with Gasteiger partial charge in [0.2, 0.25) is 10.0 Å². The van der Waals surface area contributed by atoms with E-state index in [0.717, 1.165) is 12.8 Å². The Labute approximate surface area is 123 Å². The number of carboxylic acid groups (broad SMARTS) is 1. The van der Waals surface area contributed by atoms with Crippen LogP contribution in [-0.4, -0.2) is 42.7 Å². The Kier molecular flexibility index (Phi) is 4.74. The number of hydrogen-bond donors (Lipinski definition) is 1. The lowest BCUT2D eigenvalue weighted by Gasteiger charge is -2.21. The molecular weight excluding hydrogens is 294 g/mol. The highest BCUT2D eigenvalue weighted by atomic mass is 32.2. The van der Waals surface area contributed by atoms with Crippen LogP contribution in [-0.2, 0) is 14.8 Å². The summed E-state index contributed by atoms with van der Waals surface area (Å²) in [5, 5.41) is 8.66. The summed E-state index contributed by atoms with van der Waals surface area (Å²) in [4.78, 5) is 21.4. The highest BCUT2D eigenvalue weighted by Crippen LogP contribution is 2.32. The Morgan fingerprint density at radius 1 is 1.38 bits per heavy atom. The second kappa shape index (κ2) is 6.36. The van der Waals surface area contributed by atoms with Gasteiger partial charge in [-0.05, 0) is 31.4 Å². The van der Waals surface area contributed by atoms with Gasteiger partial charge in [-0.2, -0.15) is 4.31 Å². The maximum absolute atomic E-state index is 12.6. The monoisotopic (exact) mass is 311 g/mol. The summed E-state index contributed by atoms with van der Waals surface area (Å²) in [7, 11) is -3.69. The van der Waals surface area contributed by atoms with Crippen molar-refractivity contribution in [2.45, 2.75) is 36.6 Å². The number of sulfonamides is 1. The first-order chi connectivity index (χ1) is 9.95. The fourth-order valence-corrected chi connectivity index (χ4v) is 3.91. The lowest BCUT2D eigenvalue weighted by molar-refractivity contribution is -0.137. The quantitative estimate of drug-likeness (QED) is 0.735. The maximum atomic E-state index is 12.6. The second-order valence-electron chi connectivity index (χ2n) is 5.03. The van der Waals surface area contributed by atoms with Crippen LogP contribution in [0.25, 0.3) is 0 Å². The molecule has 1 saturated carbocycles. The van der Waals surface area contributed by atoms with E-state index in [0.29, 0.717) is 11.8 Å². The van der Waals surface area contributed by atoms with Gasteiger partial charge in [-0.15, -0.1) is 0 Å². The maximum Gasteiger partial charge on any atom is 0.303 e. The molecule has 0 saturated heterocycles. The van der Waals surface area contributed by atoms with E-state index < -0.39 is 16.0 Å². The van der Waals surface area contributed by atoms with Crippen molar-refractivity contribution in [3.8, 4) is 0 Å². The van der Waals surface area contributed by atoms with E-state index in [1.165, 1.54) is 28.6 Å². The zero-order valence-corrected chi connectivity index (χ0v) is 12.3. The summed E-state index contributed by atoms with van der Waals surface area (Å²) >= 11 is 0. The Morgan fingerprint density at radius 2 is 2.10 bits per heavy atom. The summed E-state index contributed by atoms with van der Waals surface area (Å²) in [5.41, 5.74) is 0.303. The lowest BCUT2D eigenvalue weighted by atomic mass is 10.2. The molecule has 1 N–H and O–H groups in total. The SMILES string of the molecule is O=Cc1cccc(S(=O)(=O)N(CCCC(=O)O)C2CC2)c1. The lowest BCUT2D eigenvalue weighted by Crippen LogP contribution is -2.34. The number of carbonyl (C=O) groups is 2. The molecule has 0 aliphatic heterocycles. The molecule has 1 aromatic rings. The van der Waals surface area contributed by atoms with Gasteiger partial charge in [0, 0.05) is 24.6 Å². The summed E-state index contributed by atoms with van der Waals surface area (Å²) < 4.78 is 26.6. The Morgan fingerprint density at radius 3 is 2.67 bits per heavy atom. The number of nitrogens with zero attached hydrogens (tertiary/aromatic N) is 1. The highest BCUT2D eigenvalue weighted by molar-refractivity contribution is 7.89. The third-order valence-electron chi connectivity index (χ3n) is 3.32. The smallest absolute Gasteiger partial charge is 0.303 e. The number of carboxylic acids is 1. The molecule has 0 atom stereocenters. The third-order valence-corrected chi connectivity index (χ3v) is 5.27. The van der Waals surface area contributed by atoms with Crippen LogP contribution in [0.2, 0.25) is 0 Å². The highest BCUT2D eigenvalue weighted by Gasteiger charge is 2.37. The Hall–Kier alpha value is -1.73. The van der Waals surface area contributed by atoms with E-state index in [2.05, 4.69) is 0 Å². The molecular formula is C14H17NO5S. The van der Waals surface area contributed by atoms with Crippen molar-refractivity contribution >= 4 is 22.3 Å². The number of benzene rings is 1. The summed E-state index contributed by atoms with van der Waals surface area (Å²) in [6.45, 7) is 0.185. The van der Waals surface area contributed by atoms with Crippen LogP contribution in [0.15, 0.2) is 29.2 Å². The van der Waals surface area contributed by atoms with Gasteiger partial charge in [-0.1, -0.05) is 12.1 Å². The van der Waals surface area contributed by atoms with E-state index >= 15 is 0 Å². The van der Waals surface area contributed by atoms with Crippen LogP contribution in [0.3, 0.4) is 0 Å². The minimum absolute atomic E-state index is 0.0521. The molecule has 1 aromatic carbocycles. The van der Waals surface area contributed by atoms with E-state index in [9.17, 15) is 18.0 Å². The number of aliphatic carboxylic acids is 1. The van der Waals surface area contributed by atoms with Gasteiger partial charge in [0.1, 0.15) is 6.29 Å². The van der Waals surface area contributed by atoms with Crippen molar-refractivity contribution in [2.75, 3.05) is 6.54 Å². The number of aldehydes is 1. The average molecular weight is 311 g/mol. The van der Waals surface area contributed by atoms with Crippen molar-refractivity contribution < 1.29 is 23.1 Å². The molecule has 1 aliphatic carbocycles. The van der Waals surface area contributed by atoms with Gasteiger partial charge in [-0.25, -0.2) is 8.42 Å². The molecule has 114 valence electrons. The van der Waals surface area contributed by atoms with E-state index in [1.807, 2.05) is 0 Å². The Bertz CT molecular complexity index is 637. The van der Waals surface area contributed by atoms with Gasteiger partial charge >= 0.3 is 5.97 Å². The minimum atomic E-state index is -3.69. The zero-order valence-electron chi connectivity index (χ0n) is 11.4. The number of carbonyl (C=O) groups excluding carboxylic acids is 1. The summed E-state index contributed by atoms with van der Waals surface area (Å²) in [6.07, 6.45) is 2.40. The topological polar surface area (TPSA) is 91.8 Å². The molecule has 0 amide bonds. The predicted molar refractivity (Wildman–Crippen MR) is 75.6 cm³/mol. The van der Waals surface area contributed by atoms with E-state index in [-0.39, 0.29) is 30.3 Å². The van der Waals surface area contributed by atoms with Crippen LogP contribution >= 0.6 is 0 Å². The van der Waals surface area contributed by atoms with Gasteiger partial charge < -0.3 is 5.11 Å². The molecule has 1 fully saturated rings. The van der Waals surface area contributed by atoms with Crippen molar-refractivity contribution in [1.82, 2.24) is 4.31 Å². The van der Waals surface area contributed by atoms with Gasteiger partial charge in [-0.3, -0.25) is 9.59 Å². The molecule has 0 bridgehead atoms. The molecule has 0 unspecified atom stereocenters. The molecule has 0 aromatic heterocycles. The van der Waals surface area contributed by atoms with Gasteiger partial charge in [0.25, 0.3) is 0 Å². The standard InChI is InChI=1S/C14H17NO5S/c16-10-11-3-1-4-13(9-11)21(19,20)15(12-6-7-12)8-2-5-14(17)18/h1,3-4,9-10,12H,2,5-8H2,(H,17,18). The largest absolute Gasteiger partial charge is 0.481 e. The fraction of sp³-hybridized carbons (Fsp3) is 0.429. The molecule has 1 aliphatic rings. The first kappa shape index (κ1) is 15.7. The summed E-state index contributed by atoms with van der Waals surface area (Å²) in [6, 6.07) is 5.81. The number of hydrogen-bond acceptors (Lipinski definition) is 4. The van der Waals surface area contributed by atoms with Crippen molar-refractivity contribution in [3.05, 3.63) is 29.8 Å². The van der Waals surface area contributed by atoms with Gasteiger partial charge in [0.05, 0.1) is 4.90 Å². The fourth-order valence-electron chi connectivity index (χ4n) is 2.13. The molecule has 2 rings (SSSR count). The molecule has 6 nitrogen and oxygen atoms in total. The van der Waals surface area contributed by atoms with Crippen LogP contribution in [0.5, 0.6) is 0 Å². The summed E-state index contributed by atoms with van der Waals surface area (Å²) in [5.74, 6) is -0.939. The van der Waals surface area contributed by atoms with E-state index in [4.69, 9.17) is 5.11 Å². The van der Waals surface area contributed by atoms with Crippen LogP contribution in [0, 0.1) is 0 Å². The van der Waals surface area contributed by atoms with Gasteiger partial charge in [0.15, 0.2) is 0 Å².